The highest BCUT2D eigenvalue weighted by Gasteiger charge is 2.02. The van der Waals surface area contributed by atoms with Gasteiger partial charge in [0.15, 0.2) is 0 Å². The monoisotopic (exact) mass is 435 g/mol. The minimum atomic E-state index is 0.453. The van der Waals surface area contributed by atoms with E-state index in [4.69, 9.17) is 27.9 Å². The maximum Gasteiger partial charge on any atom is 0.119 e. The van der Waals surface area contributed by atoms with Crippen LogP contribution in [0.2, 0.25) is 10.0 Å². The first-order chi connectivity index (χ1) is 12.1. The van der Waals surface area contributed by atoms with Crippen LogP contribution in [0.15, 0.2) is 71.2 Å². The van der Waals surface area contributed by atoms with Crippen molar-refractivity contribution < 1.29 is 4.74 Å². The van der Waals surface area contributed by atoms with Gasteiger partial charge in [0.25, 0.3) is 0 Å². The van der Waals surface area contributed by atoms with Crippen molar-refractivity contribution >= 4 is 44.8 Å². The number of benzene rings is 3. The van der Waals surface area contributed by atoms with Crippen LogP contribution in [0.25, 0.3) is 0 Å². The van der Waals surface area contributed by atoms with Crippen LogP contribution in [0.4, 0.5) is 5.69 Å². The van der Waals surface area contributed by atoms with Crippen molar-refractivity contribution in [2.24, 2.45) is 0 Å². The second-order valence-corrected chi connectivity index (χ2v) is 7.18. The van der Waals surface area contributed by atoms with Gasteiger partial charge in [-0.25, -0.2) is 0 Å². The Morgan fingerprint density at radius 1 is 0.880 bits per heavy atom. The van der Waals surface area contributed by atoms with E-state index >= 15 is 0 Å². The molecule has 2 nitrogen and oxygen atoms in total. The summed E-state index contributed by atoms with van der Waals surface area (Å²) in [6.45, 7) is 1.16. The molecule has 0 radical (unpaired) electrons. The minimum Gasteiger partial charge on any atom is -0.489 e. The summed E-state index contributed by atoms with van der Waals surface area (Å²) in [5, 5.41) is 4.76. The molecule has 0 aliphatic carbocycles. The normalized spacial score (nSPS) is 10.5. The molecule has 0 aromatic heterocycles. The average Bonchev–Trinajstić information content (AvgIpc) is 2.63. The van der Waals surface area contributed by atoms with Crippen molar-refractivity contribution in [2.75, 3.05) is 5.32 Å². The van der Waals surface area contributed by atoms with Crippen LogP contribution in [0, 0.1) is 0 Å². The predicted octanol–water partition coefficient (Wildman–Crippen LogP) is 6.95. The summed E-state index contributed by atoms with van der Waals surface area (Å²) in [5.74, 6) is 0.815. The molecule has 0 fully saturated rings. The van der Waals surface area contributed by atoms with Crippen molar-refractivity contribution in [3.63, 3.8) is 0 Å². The average molecular weight is 437 g/mol. The summed E-state index contributed by atoms with van der Waals surface area (Å²) in [6.07, 6.45) is 0. The number of hydrogen-bond acceptors (Lipinski definition) is 2. The highest BCUT2D eigenvalue weighted by atomic mass is 79.9. The summed E-state index contributed by atoms with van der Waals surface area (Å²) < 4.78 is 6.68. The molecule has 3 rings (SSSR count). The molecule has 0 atom stereocenters. The molecule has 0 bridgehead atoms. The van der Waals surface area contributed by atoms with Gasteiger partial charge in [0.2, 0.25) is 0 Å². The van der Waals surface area contributed by atoms with E-state index in [1.807, 2.05) is 66.7 Å². The zero-order valence-electron chi connectivity index (χ0n) is 13.3. The Hall–Kier alpha value is -1.68. The van der Waals surface area contributed by atoms with Crippen LogP contribution in [-0.4, -0.2) is 0 Å². The van der Waals surface area contributed by atoms with E-state index in [9.17, 15) is 0 Å². The van der Waals surface area contributed by atoms with Gasteiger partial charge in [-0.3, -0.25) is 0 Å². The molecule has 128 valence electrons. The van der Waals surface area contributed by atoms with Gasteiger partial charge in [-0.2, -0.15) is 0 Å². The number of rotatable bonds is 6. The van der Waals surface area contributed by atoms with E-state index in [2.05, 4.69) is 21.2 Å². The van der Waals surface area contributed by atoms with Gasteiger partial charge in [0, 0.05) is 27.3 Å². The molecule has 3 aromatic carbocycles. The highest BCUT2D eigenvalue weighted by molar-refractivity contribution is 9.10. The zero-order valence-corrected chi connectivity index (χ0v) is 16.4. The lowest BCUT2D eigenvalue weighted by molar-refractivity contribution is 0.306. The fourth-order valence-corrected chi connectivity index (χ4v) is 2.91. The van der Waals surface area contributed by atoms with Gasteiger partial charge in [-0.15, -0.1) is 0 Å². The first kappa shape index (κ1) is 18.1. The van der Waals surface area contributed by atoms with Gasteiger partial charge in [-0.05, 0) is 57.9 Å². The topological polar surface area (TPSA) is 21.3 Å². The third-order valence-corrected chi connectivity index (χ3v) is 5.29. The van der Waals surface area contributed by atoms with Crippen molar-refractivity contribution in [1.82, 2.24) is 0 Å². The molecule has 0 aliphatic rings. The Morgan fingerprint density at radius 2 is 1.64 bits per heavy atom. The Balaban J connectivity index is 1.55. The van der Waals surface area contributed by atoms with E-state index in [1.165, 1.54) is 0 Å². The number of nitrogens with one attached hydrogen (secondary N) is 1. The second-order valence-electron chi connectivity index (χ2n) is 5.51. The standard InChI is InChI=1S/C20H16BrCl2NO/c21-18-10-7-16(11-20(18)23)24-12-14-5-8-17(9-6-14)25-13-15-3-1-2-4-19(15)22/h1-11,24H,12-13H2. The zero-order chi connectivity index (χ0) is 17.6. The van der Waals surface area contributed by atoms with Gasteiger partial charge >= 0.3 is 0 Å². The fraction of sp³-hybridized carbons (Fsp3) is 0.100. The maximum absolute atomic E-state index is 6.14. The van der Waals surface area contributed by atoms with Gasteiger partial charge < -0.3 is 10.1 Å². The molecule has 0 spiro atoms. The molecule has 0 amide bonds. The Bertz CT molecular complexity index is 853. The first-order valence-corrected chi connectivity index (χ1v) is 9.31. The van der Waals surface area contributed by atoms with Crippen LogP contribution in [-0.2, 0) is 13.2 Å². The van der Waals surface area contributed by atoms with E-state index < -0.39 is 0 Å². The number of ether oxygens (including phenoxy) is 1. The van der Waals surface area contributed by atoms with Crippen molar-refractivity contribution in [2.45, 2.75) is 13.2 Å². The molecule has 0 unspecified atom stereocenters. The lowest BCUT2D eigenvalue weighted by Gasteiger charge is -2.10. The van der Waals surface area contributed by atoms with Gasteiger partial charge in [-0.1, -0.05) is 53.5 Å². The Morgan fingerprint density at radius 3 is 2.36 bits per heavy atom. The largest absolute Gasteiger partial charge is 0.489 e. The van der Waals surface area contributed by atoms with Crippen molar-refractivity contribution in [3.05, 3.63) is 92.4 Å². The van der Waals surface area contributed by atoms with E-state index in [0.717, 1.165) is 32.1 Å². The van der Waals surface area contributed by atoms with Gasteiger partial charge in [0.1, 0.15) is 12.4 Å². The van der Waals surface area contributed by atoms with Crippen molar-refractivity contribution in [1.29, 1.82) is 0 Å². The quantitative estimate of drug-likeness (QED) is 0.451. The molecular weight excluding hydrogens is 421 g/mol. The smallest absolute Gasteiger partial charge is 0.119 e. The van der Waals surface area contributed by atoms with Crippen LogP contribution in [0.3, 0.4) is 0 Å². The number of halogens is 3. The SMILES string of the molecule is Clc1cc(NCc2ccc(OCc3ccccc3Cl)cc2)ccc1Br. The first-order valence-electron chi connectivity index (χ1n) is 7.76. The molecule has 0 saturated carbocycles. The van der Waals surface area contributed by atoms with E-state index in [0.29, 0.717) is 18.2 Å². The summed E-state index contributed by atoms with van der Waals surface area (Å²) in [6, 6.07) is 21.5. The molecule has 0 heterocycles. The third kappa shape index (κ3) is 5.15. The predicted molar refractivity (Wildman–Crippen MR) is 109 cm³/mol. The van der Waals surface area contributed by atoms with E-state index in [1.54, 1.807) is 0 Å². The minimum absolute atomic E-state index is 0.453. The van der Waals surface area contributed by atoms with Gasteiger partial charge in [0.05, 0.1) is 5.02 Å². The summed E-state index contributed by atoms with van der Waals surface area (Å²) in [4.78, 5) is 0. The molecule has 1 N–H and O–H groups in total. The highest BCUT2D eigenvalue weighted by Crippen LogP contribution is 2.26. The summed E-state index contributed by atoms with van der Waals surface area (Å²) >= 11 is 15.6. The third-order valence-electron chi connectivity index (χ3n) is 3.69. The lowest BCUT2D eigenvalue weighted by atomic mass is 10.2. The van der Waals surface area contributed by atoms with Crippen LogP contribution >= 0.6 is 39.1 Å². The molecular formula is C20H16BrCl2NO. The van der Waals surface area contributed by atoms with Crippen LogP contribution in [0.5, 0.6) is 5.75 Å². The molecule has 25 heavy (non-hydrogen) atoms. The Labute approximate surface area is 165 Å². The molecule has 0 aliphatic heterocycles. The molecule has 0 saturated heterocycles. The van der Waals surface area contributed by atoms with Crippen LogP contribution < -0.4 is 10.1 Å². The second kappa shape index (κ2) is 8.61. The summed E-state index contributed by atoms with van der Waals surface area (Å²) in [7, 11) is 0. The van der Waals surface area contributed by atoms with E-state index in [-0.39, 0.29) is 0 Å². The van der Waals surface area contributed by atoms with Crippen LogP contribution in [0.1, 0.15) is 11.1 Å². The number of hydrogen-bond donors (Lipinski definition) is 1. The summed E-state index contributed by atoms with van der Waals surface area (Å²) in [5.41, 5.74) is 3.11. The van der Waals surface area contributed by atoms with Crippen molar-refractivity contribution in [3.8, 4) is 5.75 Å². The maximum atomic E-state index is 6.14. The number of anilines is 1. The fourth-order valence-electron chi connectivity index (χ4n) is 2.29. The molecule has 3 aromatic rings. The lowest BCUT2D eigenvalue weighted by Crippen LogP contribution is -2.00. The Kier molecular flexibility index (Phi) is 6.24. The molecule has 5 heteroatoms.